The summed E-state index contributed by atoms with van der Waals surface area (Å²) in [4.78, 5) is 19.2. The van der Waals surface area contributed by atoms with Gasteiger partial charge in [0.1, 0.15) is 0 Å². The number of nitrogens with zero attached hydrogens (tertiary/aromatic N) is 2. The summed E-state index contributed by atoms with van der Waals surface area (Å²) in [6.07, 6.45) is 2.92. The van der Waals surface area contributed by atoms with Crippen LogP contribution < -0.4 is 19.7 Å². The second-order valence-corrected chi connectivity index (χ2v) is 7.90. The van der Waals surface area contributed by atoms with Crippen LogP contribution in [0.15, 0.2) is 42.5 Å². The maximum Gasteiger partial charge on any atom is 0.387 e. The maximum atomic E-state index is 12.4. The van der Waals surface area contributed by atoms with Crippen molar-refractivity contribution < 1.29 is 27.8 Å². The van der Waals surface area contributed by atoms with Crippen molar-refractivity contribution in [3.63, 3.8) is 0 Å². The van der Waals surface area contributed by atoms with Gasteiger partial charge in [-0.1, -0.05) is 17.4 Å². The molecule has 168 valence electrons. The van der Waals surface area contributed by atoms with Crippen molar-refractivity contribution >= 4 is 44.4 Å². The molecule has 0 atom stereocenters. The molecule has 1 aliphatic rings. The number of hydrogen-bond donors (Lipinski definition) is 1. The van der Waals surface area contributed by atoms with Crippen molar-refractivity contribution in [2.24, 2.45) is 0 Å². The van der Waals surface area contributed by atoms with Gasteiger partial charge < -0.3 is 24.4 Å². The number of aromatic nitrogens is 1. The zero-order valence-electron chi connectivity index (χ0n) is 17.2. The Morgan fingerprint density at radius 2 is 2.03 bits per heavy atom. The fraction of sp³-hybridized carbons (Fsp3) is 0.273. The van der Waals surface area contributed by atoms with Gasteiger partial charge in [-0.05, 0) is 42.0 Å². The molecular weight excluding hydrogens is 440 g/mol. The van der Waals surface area contributed by atoms with Crippen molar-refractivity contribution in [3.8, 4) is 11.5 Å². The van der Waals surface area contributed by atoms with Gasteiger partial charge in [-0.3, -0.25) is 4.79 Å². The van der Waals surface area contributed by atoms with E-state index in [0.29, 0.717) is 24.5 Å². The highest BCUT2D eigenvalue weighted by Crippen LogP contribution is 2.32. The van der Waals surface area contributed by atoms with E-state index in [0.717, 1.165) is 28.4 Å². The number of carbonyl (C=O) groups excluding carboxylic acids is 1. The normalized spacial score (nSPS) is 14.3. The Kier molecular flexibility index (Phi) is 6.81. The molecule has 1 amide bonds. The number of anilines is 2. The molecule has 0 bridgehead atoms. The third-order valence-corrected chi connectivity index (χ3v) is 5.84. The van der Waals surface area contributed by atoms with Crippen molar-refractivity contribution in [3.05, 3.63) is 48.0 Å². The van der Waals surface area contributed by atoms with Crippen LogP contribution in [-0.2, 0) is 9.53 Å². The first kappa shape index (κ1) is 22.0. The summed E-state index contributed by atoms with van der Waals surface area (Å²) >= 11 is 1.58. The summed E-state index contributed by atoms with van der Waals surface area (Å²) in [5.41, 5.74) is 2.14. The van der Waals surface area contributed by atoms with Crippen molar-refractivity contribution in [2.45, 2.75) is 6.61 Å². The average Bonchev–Trinajstić information content (AvgIpc) is 3.22. The molecule has 1 fully saturated rings. The van der Waals surface area contributed by atoms with E-state index in [1.807, 2.05) is 12.1 Å². The van der Waals surface area contributed by atoms with Crippen molar-refractivity contribution in [2.75, 3.05) is 43.6 Å². The Labute approximate surface area is 187 Å². The van der Waals surface area contributed by atoms with Gasteiger partial charge >= 0.3 is 6.61 Å². The summed E-state index contributed by atoms with van der Waals surface area (Å²) in [5, 5.41) is 3.77. The molecule has 10 heteroatoms. The number of hydrogen-bond acceptors (Lipinski definition) is 7. The van der Waals surface area contributed by atoms with Crippen LogP contribution in [0.2, 0.25) is 0 Å². The van der Waals surface area contributed by atoms with Crippen molar-refractivity contribution in [1.82, 2.24) is 4.98 Å². The maximum absolute atomic E-state index is 12.4. The number of rotatable bonds is 7. The Morgan fingerprint density at radius 3 is 2.78 bits per heavy atom. The Balaban J connectivity index is 1.42. The van der Waals surface area contributed by atoms with Crippen LogP contribution in [0.3, 0.4) is 0 Å². The number of halogens is 2. The highest BCUT2D eigenvalue weighted by molar-refractivity contribution is 7.22. The number of amides is 1. The summed E-state index contributed by atoms with van der Waals surface area (Å²) in [7, 11) is 1.36. The first-order chi connectivity index (χ1) is 15.5. The van der Waals surface area contributed by atoms with Crippen LogP contribution in [0.4, 0.5) is 19.6 Å². The molecule has 0 saturated carbocycles. The fourth-order valence-corrected chi connectivity index (χ4v) is 4.27. The molecule has 2 aromatic carbocycles. The van der Waals surface area contributed by atoms with Gasteiger partial charge in [-0.25, -0.2) is 4.98 Å². The van der Waals surface area contributed by atoms with E-state index < -0.39 is 6.61 Å². The molecule has 0 unspecified atom stereocenters. The van der Waals surface area contributed by atoms with Crippen LogP contribution in [0.25, 0.3) is 16.3 Å². The minimum Gasteiger partial charge on any atom is -0.493 e. The molecule has 2 heterocycles. The molecule has 1 aliphatic heterocycles. The molecular formula is C22H21F2N3O4S. The number of methoxy groups -OCH3 is 1. The van der Waals surface area contributed by atoms with E-state index in [9.17, 15) is 13.6 Å². The highest BCUT2D eigenvalue weighted by Gasteiger charge is 2.16. The lowest BCUT2D eigenvalue weighted by molar-refractivity contribution is -0.111. The molecule has 1 aromatic heterocycles. The average molecular weight is 461 g/mol. The predicted molar refractivity (Wildman–Crippen MR) is 120 cm³/mol. The number of alkyl halides is 2. The molecule has 0 spiro atoms. The van der Waals surface area contributed by atoms with Crippen molar-refractivity contribution in [1.29, 1.82) is 0 Å². The second kappa shape index (κ2) is 9.92. The van der Waals surface area contributed by atoms with Gasteiger partial charge in [0, 0.05) is 24.9 Å². The van der Waals surface area contributed by atoms with Gasteiger partial charge in [-0.15, -0.1) is 0 Å². The molecule has 7 nitrogen and oxygen atoms in total. The van der Waals surface area contributed by atoms with E-state index in [1.165, 1.54) is 25.3 Å². The van der Waals surface area contributed by atoms with Gasteiger partial charge in [0.2, 0.25) is 5.91 Å². The minimum atomic E-state index is -2.95. The molecule has 0 aliphatic carbocycles. The molecule has 0 radical (unpaired) electrons. The van der Waals surface area contributed by atoms with Gasteiger partial charge in [0.05, 0.1) is 30.5 Å². The van der Waals surface area contributed by atoms with E-state index in [1.54, 1.807) is 29.5 Å². The minimum absolute atomic E-state index is 0.0709. The molecule has 3 aromatic rings. The highest BCUT2D eigenvalue weighted by atomic mass is 32.1. The lowest BCUT2D eigenvalue weighted by atomic mass is 10.2. The van der Waals surface area contributed by atoms with E-state index in [4.69, 9.17) is 9.47 Å². The summed E-state index contributed by atoms with van der Waals surface area (Å²) < 4.78 is 40.7. The number of morpholine rings is 1. The lowest BCUT2D eigenvalue weighted by Gasteiger charge is -2.25. The van der Waals surface area contributed by atoms with Gasteiger partial charge in [0.25, 0.3) is 0 Å². The number of ether oxygens (including phenoxy) is 3. The lowest BCUT2D eigenvalue weighted by Crippen LogP contribution is -2.36. The number of thiazole rings is 1. The zero-order valence-corrected chi connectivity index (χ0v) is 18.0. The first-order valence-electron chi connectivity index (χ1n) is 9.87. The fourth-order valence-electron chi connectivity index (χ4n) is 3.22. The standard InChI is InChI=1S/C22H21F2N3O4S/c1-29-18-12-14(2-6-17(18)31-21(23)24)3-7-20(28)25-15-4-5-16-19(13-15)32-22(26-16)27-8-10-30-11-9-27/h2-7,12-13,21H,8-11H2,1H3,(H,25,28)/b7-3+. The molecule has 4 rings (SSSR count). The van der Waals surface area contributed by atoms with Crippen LogP contribution in [0.1, 0.15) is 5.56 Å². The van der Waals surface area contributed by atoms with Crippen LogP contribution in [0.5, 0.6) is 11.5 Å². The third-order valence-electron chi connectivity index (χ3n) is 4.76. The Bertz CT molecular complexity index is 1130. The Hall–Kier alpha value is -3.24. The van der Waals surface area contributed by atoms with Crippen LogP contribution in [-0.4, -0.2) is 50.9 Å². The van der Waals surface area contributed by atoms with E-state index in [2.05, 4.69) is 19.9 Å². The summed E-state index contributed by atoms with van der Waals surface area (Å²) in [5.74, 6) is -0.243. The number of nitrogens with one attached hydrogen (secondary N) is 1. The van der Waals surface area contributed by atoms with Crippen LogP contribution >= 0.6 is 11.3 Å². The second-order valence-electron chi connectivity index (χ2n) is 6.89. The largest absolute Gasteiger partial charge is 0.493 e. The summed E-state index contributed by atoms with van der Waals surface area (Å²) in [6.45, 7) is 0.0639. The smallest absolute Gasteiger partial charge is 0.387 e. The molecule has 1 N–H and O–H groups in total. The summed E-state index contributed by atoms with van der Waals surface area (Å²) in [6, 6.07) is 10.0. The third kappa shape index (κ3) is 5.32. The molecule has 1 saturated heterocycles. The topological polar surface area (TPSA) is 72.9 Å². The number of carbonyl (C=O) groups is 1. The zero-order chi connectivity index (χ0) is 22.5. The van der Waals surface area contributed by atoms with E-state index in [-0.39, 0.29) is 17.4 Å². The monoisotopic (exact) mass is 461 g/mol. The molecule has 32 heavy (non-hydrogen) atoms. The Morgan fingerprint density at radius 1 is 1.22 bits per heavy atom. The van der Waals surface area contributed by atoms with Gasteiger partial charge in [0.15, 0.2) is 16.6 Å². The van der Waals surface area contributed by atoms with Gasteiger partial charge in [-0.2, -0.15) is 8.78 Å². The quantitative estimate of drug-likeness (QED) is 0.526. The number of benzene rings is 2. The SMILES string of the molecule is COc1cc(/C=C/C(=O)Nc2ccc3nc(N4CCOCC4)sc3c2)ccc1OC(F)F. The van der Waals surface area contributed by atoms with E-state index >= 15 is 0 Å². The first-order valence-corrected chi connectivity index (χ1v) is 10.7. The number of fused-ring (bicyclic) bond motifs is 1. The van der Waals surface area contributed by atoms with Crippen LogP contribution in [0, 0.1) is 0 Å². The predicted octanol–water partition coefficient (Wildman–Crippen LogP) is 4.39.